The first kappa shape index (κ1) is 15.5. The number of hydrogen-bond acceptors (Lipinski definition) is 0. The van der Waals surface area contributed by atoms with Gasteiger partial charge in [-0.2, -0.15) is 0 Å². The average Bonchev–Trinajstić information content (AvgIpc) is 2.31. The van der Waals surface area contributed by atoms with Gasteiger partial charge in [0.25, 0.3) is 0 Å². The SMILES string of the molecule is CCCCCC#C[Si](C)(C)Cc1ccccc1Br. The predicted octanol–water partition coefficient (Wildman–Crippen LogP) is 5.36. The zero-order valence-electron chi connectivity index (χ0n) is 11.7. The van der Waals surface area contributed by atoms with Crippen LogP contribution in [0.5, 0.6) is 0 Å². The molecule has 0 fully saturated rings. The first-order valence-corrected chi connectivity index (χ1v) is 10.8. The molecule has 0 nitrogen and oxygen atoms in total. The monoisotopic (exact) mass is 322 g/mol. The summed E-state index contributed by atoms with van der Waals surface area (Å²) in [6, 6.07) is 9.64. The molecule has 98 valence electrons. The third-order valence-corrected chi connectivity index (χ3v) is 5.81. The molecule has 0 saturated heterocycles. The number of benzene rings is 1. The molecular weight excluding hydrogens is 300 g/mol. The van der Waals surface area contributed by atoms with E-state index in [9.17, 15) is 0 Å². The molecule has 0 N–H and O–H groups in total. The zero-order valence-corrected chi connectivity index (χ0v) is 14.3. The van der Waals surface area contributed by atoms with Gasteiger partial charge in [0.05, 0.1) is 0 Å². The van der Waals surface area contributed by atoms with Crippen molar-refractivity contribution in [2.45, 2.75) is 51.7 Å². The van der Waals surface area contributed by atoms with Crippen LogP contribution in [0.4, 0.5) is 0 Å². The second kappa shape index (κ2) is 7.81. The van der Waals surface area contributed by atoms with E-state index in [-0.39, 0.29) is 0 Å². The average molecular weight is 323 g/mol. The fraction of sp³-hybridized carbons (Fsp3) is 0.500. The Hall–Kier alpha value is -0.523. The van der Waals surface area contributed by atoms with E-state index in [2.05, 4.69) is 71.7 Å². The summed E-state index contributed by atoms with van der Waals surface area (Å²) in [5, 5.41) is 0. The summed E-state index contributed by atoms with van der Waals surface area (Å²) >= 11 is 3.63. The summed E-state index contributed by atoms with van der Waals surface area (Å²) in [4.78, 5) is 0. The van der Waals surface area contributed by atoms with Crippen molar-refractivity contribution >= 4 is 24.0 Å². The van der Waals surface area contributed by atoms with Crippen molar-refractivity contribution in [2.24, 2.45) is 0 Å². The molecular formula is C16H23BrSi. The van der Waals surface area contributed by atoms with Crippen molar-refractivity contribution in [1.29, 1.82) is 0 Å². The molecule has 0 bridgehead atoms. The van der Waals surface area contributed by atoms with Crippen LogP contribution in [0.3, 0.4) is 0 Å². The van der Waals surface area contributed by atoms with Crippen molar-refractivity contribution in [3.63, 3.8) is 0 Å². The van der Waals surface area contributed by atoms with Crippen LogP contribution in [0.2, 0.25) is 13.1 Å². The first-order chi connectivity index (χ1) is 8.55. The Kier molecular flexibility index (Phi) is 6.74. The molecule has 1 rings (SSSR count). The Bertz CT molecular complexity index is 426. The van der Waals surface area contributed by atoms with E-state index < -0.39 is 8.07 Å². The van der Waals surface area contributed by atoms with Crippen LogP contribution in [-0.2, 0) is 6.04 Å². The molecule has 0 aromatic heterocycles. The minimum atomic E-state index is -1.43. The van der Waals surface area contributed by atoms with Crippen LogP contribution in [0.1, 0.15) is 38.2 Å². The van der Waals surface area contributed by atoms with Crippen molar-refractivity contribution in [1.82, 2.24) is 0 Å². The van der Waals surface area contributed by atoms with Gasteiger partial charge in [-0.1, -0.05) is 67.0 Å². The van der Waals surface area contributed by atoms with Gasteiger partial charge in [-0.05, 0) is 24.1 Å². The van der Waals surface area contributed by atoms with Gasteiger partial charge >= 0.3 is 0 Å². The Labute approximate surface area is 121 Å². The minimum absolute atomic E-state index is 1.07. The summed E-state index contributed by atoms with van der Waals surface area (Å²) in [6.07, 6.45) is 4.91. The van der Waals surface area contributed by atoms with E-state index in [4.69, 9.17) is 0 Å². The maximum atomic E-state index is 3.63. The van der Waals surface area contributed by atoms with Gasteiger partial charge in [0.15, 0.2) is 0 Å². The van der Waals surface area contributed by atoms with Crippen LogP contribution in [0.25, 0.3) is 0 Å². The van der Waals surface area contributed by atoms with Crippen LogP contribution in [0.15, 0.2) is 28.7 Å². The van der Waals surface area contributed by atoms with Crippen LogP contribution in [0, 0.1) is 11.5 Å². The van der Waals surface area contributed by atoms with Crippen LogP contribution in [-0.4, -0.2) is 8.07 Å². The van der Waals surface area contributed by atoms with E-state index in [0.29, 0.717) is 0 Å². The molecule has 0 saturated carbocycles. The van der Waals surface area contributed by atoms with Gasteiger partial charge in [-0.15, -0.1) is 11.5 Å². The molecule has 0 aliphatic carbocycles. The summed E-state index contributed by atoms with van der Waals surface area (Å²) in [6.45, 7) is 6.96. The summed E-state index contributed by atoms with van der Waals surface area (Å²) in [7, 11) is -1.43. The van der Waals surface area contributed by atoms with E-state index in [1.807, 2.05) is 0 Å². The fourth-order valence-electron chi connectivity index (χ4n) is 1.93. The second-order valence-corrected chi connectivity index (χ2v) is 10.6. The van der Waals surface area contributed by atoms with Crippen molar-refractivity contribution in [3.8, 4) is 11.5 Å². The lowest BCUT2D eigenvalue weighted by Gasteiger charge is -2.15. The van der Waals surface area contributed by atoms with Gasteiger partial charge in [-0.3, -0.25) is 0 Å². The third-order valence-electron chi connectivity index (χ3n) is 2.92. The molecule has 0 heterocycles. The van der Waals surface area contributed by atoms with Gasteiger partial charge < -0.3 is 0 Å². The first-order valence-electron chi connectivity index (χ1n) is 6.78. The predicted molar refractivity (Wildman–Crippen MR) is 87.2 cm³/mol. The molecule has 2 heteroatoms. The fourth-order valence-corrected chi connectivity index (χ4v) is 4.56. The third kappa shape index (κ3) is 5.89. The van der Waals surface area contributed by atoms with E-state index >= 15 is 0 Å². The van der Waals surface area contributed by atoms with E-state index in [0.717, 1.165) is 12.5 Å². The van der Waals surface area contributed by atoms with Gasteiger partial charge in [0, 0.05) is 10.9 Å². The topological polar surface area (TPSA) is 0 Å². The van der Waals surface area contributed by atoms with E-state index in [1.165, 1.54) is 29.3 Å². The maximum Gasteiger partial charge on any atom is 0.136 e. The Morgan fingerprint density at radius 2 is 1.89 bits per heavy atom. The highest BCUT2D eigenvalue weighted by atomic mass is 79.9. The Morgan fingerprint density at radius 3 is 2.56 bits per heavy atom. The van der Waals surface area contributed by atoms with Crippen LogP contribution >= 0.6 is 15.9 Å². The number of halogens is 1. The van der Waals surface area contributed by atoms with Gasteiger partial charge in [0.2, 0.25) is 0 Å². The Morgan fingerprint density at radius 1 is 1.17 bits per heavy atom. The number of unbranched alkanes of at least 4 members (excludes halogenated alkanes) is 3. The molecule has 0 radical (unpaired) electrons. The lowest BCUT2D eigenvalue weighted by Crippen LogP contribution is -2.27. The summed E-state index contributed by atoms with van der Waals surface area (Å²) in [5.74, 6) is 3.40. The highest BCUT2D eigenvalue weighted by Gasteiger charge is 2.19. The molecule has 0 spiro atoms. The van der Waals surface area contributed by atoms with Gasteiger partial charge in [0.1, 0.15) is 8.07 Å². The van der Waals surface area contributed by atoms with E-state index in [1.54, 1.807) is 0 Å². The highest BCUT2D eigenvalue weighted by molar-refractivity contribution is 9.10. The molecule has 0 unspecified atom stereocenters. The van der Waals surface area contributed by atoms with Gasteiger partial charge in [-0.25, -0.2) is 0 Å². The molecule has 18 heavy (non-hydrogen) atoms. The Balaban J connectivity index is 2.56. The molecule has 1 aromatic rings. The summed E-state index contributed by atoms with van der Waals surface area (Å²) in [5.41, 5.74) is 4.96. The molecule has 0 aliphatic heterocycles. The lowest BCUT2D eigenvalue weighted by atomic mass is 10.2. The quantitative estimate of drug-likeness (QED) is 0.389. The van der Waals surface area contributed by atoms with Crippen LogP contribution < -0.4 is 0 Å². The van der Waals surface area contributed by atoms with Crippen molar-refractivity contribution in [3.05, 3.63) is 34.3 Å². The smallest absolute Gasteiger partial charge is 0.131 e. The second-order valence-electron chi connectivity index (χ2n) is 5.41. The molecule has 0 aliphatic rings. The molecule has 0 atom stereocenters. The van der Waals surface area contributed by atoms with Crippen molar-refractivity contribution in [2.75, 3.05) is 0 Å². The normalized spacial score (nSPS) is 10.9. The largest absolute Gasteiger partial charge is 0.136 e. The summed E-state index contributed by atoms with van der Waals surface area (Å²) < 4.78 is 1.22. The lowest BCUT2D eigenvalue weighted by molar-refractivity contribution is 0.737. The molecule has 0 amide bonds. The number of hydrogen-bond donors (Lipinski definition) is 0. The standard InChI is InChI=1S/C16H23BrSi/c1-4-5-6-7-10-13-18(2,3)14-15-11-8-9-12-16(15)17/h8-9,11-12H,4-7,14H2,1-3H3. The zero-order chi connectivity index (χ0) is 13.4. The maximum absolute atomic E-state index is 3.63. The minimum Gasteiger partial charge on any atom is -0.131 e. The molecule has 1 aromatic carbocycles. The number of rotatable bonds is 5. The highest BCUT2D eigenvalue weighted by Crippen LogP contribution is 2.20. The van der Waals surface area contributed by atoms with Crippen molar-refractivity contribution < 1.29 is 0 Å².